The van der Waals surface area contributed by atoms with Crippen molar-refractivity contribution in [2.24, 2.45) is 0 Å². The number of carbonyl (C=O) groups excluding carboxylic acids is 2. The second-order valence-electron chi connectivity index (χ2n) is 7.24. The maximum Gasteiger partial charge on any atom is 0.255 e. The van der Waals surface area contributed by atoms with Gasteiger partial charge < -0.3 is 15.4 Å². The predicted octanol–water partition coefficient (Wildman–Crippen LogP) is 3.33. The van der Waals surface area contributed by atoms with Crippen LogP contribution in [0.5, 0.6) is 0 Å². The maximum atomic E-state index is 12.4. The van der Waals surface area contributed by atoms with E-state index < -0.39 is 0 Å². The number of anilines is 2. The van der Waals surface area contributed by atoms with E-state index in [0.717, 1.165) is 13.1 Å². The van der Waals surface area contributed by atoms with E-state index in [1.807, 2.05) is 24.3 Å². The van der Waals surface area contributed by atoms with Crippen LogP contribution in [-0.2, 0) is 9.53 Å². The summed E-state index contributed by atoms with van der Waals surface area (Å²) in [6.07, 6.45) is 0. The molecule has 0 spiro atoms. The highest BCUT2D eigenvalue weighted by molar-refractivity contribution is 6.04. The summed E-state index contributed by atoms with van der Waals surface area (Å²) in [5.41, 5.74) is 3.21. The average molecular weight is 381 g/mol. The van der Waals surface area contributed by atoms with Gasteiger partial charge in [0.15, 0.2) is 0 Å². The summed E-state index contributed by atoms with van der Waals surface area (Å²) in [4.78, 5) is 26.6. The van der Waals surface area contributed by atoms with E-state index in [2.05, 4.69) is 29.4 Å². The summed E-state index contributed by atoms with van der Waals surface area (Å²) in [6, 6.07) is 14.8. The topological polar surface area (TPSA) is 70.7 Å². The van der Waals surface area contributed by atoms with Gasteiger partial charge in [0.25, 0.3) is 5.91 Å². The van der Waals surface area contributed by atoms with E-state index in [1.165, 1.54) is 5.56 Å². The summed E-state index contributed by atoms with van der Waals surface area (Å²) in [7, 11) is 0. The number of morpholine rings is 1. The summed E-state index contributed by atoms with van der Waals surface area (Å²) in [5.74, 6) is 0.228. The van der Waals surface area contributed by atoms with Crippen LogP contribution < -0.4 is 10.6 Å². The summed E-state index contributed by atoms with van der Waals surface area (Å²) >= 11 is 0. The average Bonchev–Trinajstić information content (AvgIpc) is 2.70. The Morgan fingerprint density at radius 3 is 2.07 bits per heavy atom. The molecule has 1 fully saturated rings. The van der Waals surface area contributed by atoms with E-state index in [4.69, 9.17) is 4.74 Å². The standard InChI is InChI=1S/C22H27N3O3/c1-16(2)17-3-5-18(6-4-17)22(27)24-20-9-7-19(8-10-20)23-21(26)15-25-11-13-28-14-12-25/h3-10,16H,11-15H2,1-2H3,(H,23,26)(H,24,27). The van der Waals surface area contributed by atoms with Gasteiger partial charge in [0.1, 0.15) is 0 Å². The zero-order valence-corrected chi connectivity index (χ0v) is 16.4. The van der Waals surface area contributed by atoms with Gasteiger partial charge in [-0.3, -0.25) is 14.5 Å². The molecule has 0 aliphatic carbocycles. The van der Waals surface area contributed by atoms with Crippen molar-refractivity contribution < 1.29 is 14.3 Å². The molecular weight excluding hydrogens is 354 g/mol. The van der Waals surface area contributed by atoms with Gasteiger partial charge >= 0.3 is 0 Å². The third kappa shape index (κ3) is 5.65. The van der Waals surface area contributed by atoms with Crippen molar-refractivity contribution in [3.05, 3.63) is 59.7 Å². The van der Waals surface area contributed by atoms with Gasteiger partial charge in [-0.2, -0.15) is 0 Å². The number of carbonyl (C=O) groups is 2. The molecule has 0 saturated carbocycles. The molecule has 2 N–H and O–H groups in total. The van der Waals surface area contributed by atoms with Gasteiger partial charge in [-0.1, -0.05) is 26.0 Å². The summed E-state index contributed by atoms with van der Waals surface area (Å²) < 4.78 is 5.28. The predicted molar refractivity (Wildman–Crippen MR) is 111 cm³/mol. The molecule has 0 atom stereocenters. The fourth-order valence-electron chi connectivity index (χ4n) is 3.02. The van der Waals surface area contributed by atoms with Crippen LogP contribution in [0.15, 0.2) is 48.5 Å². The molecule has 1 aliphatic heterocycles. The molecular formula is C22H27N3O3. The minimum Gasteiger partial charge on any atom is -0.379 e. The molecule has 2 amide bonds. The monoisotopic (exact) mass is 381 g/mol. The molecule has 28 heavy (non-hydrogen) atoms. The Bertz CT molecular complexity index is 795. The molecule has 0 aromatic heterocycles. The highest BCUT2D eigenvalue weighted by Crippen LogP contribution is 2.17. The Hall–Kier alpha value is -2.70. The fraction of sp³-hybridized carbons (Fsp3) is 0.364. The van der Waals surface area contributed by atoms with Crippen molar-refractivity contribution in [3.8, 4) is 0 Å². The maximum absolute atomic E-state index is 12.4. The minimum absolute atomic E-state index is 0.0519. The zero-order chi connectivity index (χ0) is 19.9. The van der Waals surface area contributed by atoms with Crippen LogP contribution in [0.2, 0.25) is 0 Å². The van der Waals surface area contributed by atoms with Gasteiger partial charge in [0, 0.05) is 30.0 Å². The first-order valence-corrected chi connectivity index (χ1v) is 9.62. The highest BCUT2D eigenvalue weighted by atomic mass is 16.5. The first-order chi connectivity index (χ1) is 13.5. The molecule has 1 heterocycles. The Labute approximate surface area is 165 Å². The number of ether oxygens (including phenoxy) is 1. The summed E-state index contributed by atoms with van der Waals surface area (Å²) in [6.45, 7) is 7.48. The first kappa shape index (κ1) is 20.0. The number of nitrogens with one attached hydrogen (secondary N) is 2. The van der Waals surface area contributed by atoms with Crippen LogP contribution in [0.1, 0.15) is 35.7 Å². The van der Waals surface area contributed by atoms with Crippen LogP contribution in [0, 0.1) is 0 Å². The smallest absolute Gasteiger partial charge is 0.255 e. The van der Waals surface area contributed by atoms with Gasteiger partial charge in [-0.25, -0.2) is 0 Å². The largest absolute Gasteiger partial charge is 0.379 e. The lowest BCUT2D eigenvalue weighted by Gasteiger charge is -2.25. The Kier molecular flexibility index (Phi) is 6.79. The lowest BCUT2D eigenvalue weighted by molar-refractivity contribution is -0.118. The molecule has 3 rings (SSSR count). The number of amides is 2. The van der Waals surface area contributed by atoms with Gasteiger partial charge in [0.05, 0.1) is 19.8 Å². The Balaban J connectivity index is 1.52. The van der Waals surface area contributed by atoms with Crippen molar-refractivity contribution in [1.82, 2.24) is 4.90 Å². The highest BCUT2D eigenvalue weighted by Gasteiger charge is 2.14. The Morgan fingerprint density at radius 2 is 1.50 bits per heavy atom. The van der Waals surface area contributed by atoms with E-state index in [-0.39, 0.29) is 11.8 Å². The van der Waals surface area contributed by atoms with Crippen molar-refractivity contribution in [3.63, 3.8) is 0 Å². The van der Waals surface area contributed by atoms with Crippen molar-refractivity contribution >= 4 is 23.2 Å². The number of hydrogen-bond acceptors (Lipinski definition) is 4. The van der Waals surface area contributed by atoms with Crippen molar-refractivity contribution in [2.45, 2.75) is 19.8 Å². The quantitative estimate of drug-likeness (QED) is 0.805. The van der Waals surface area contributed by atoms with Crippen LogP contribution in [0.25, 0.3) is 0 Å². The SMILES string of the molecule is CC(C)c1ccc(C(=O)Nc2ccc(NC(=O)CN3CCOCC3)cc2)cc1. The molecule has 2 aromatic carbocycles. The third-order valence-corrected chi connectivity index (χ3v) is 4.74. The van der Waals surface area contributed by atoms with E-state index in [1.54, 1.807) is 24.3 Å². The number of hydrogen-bond donors (Lipinski definition) is 2. The van der Waals surface area contributed by atoms with Crippen LogP contribution >= 0.6 is 0 Å². The van der Waals surface area contributed by atoms with Gasteiger partial charge in [-0.15, -0.1) is 0 Å². The molecule has 1 aliphatic rings. The van der Waals surface area contributed by atoms with E-state index >= 15 is 0 Å². The molecule has 0 bridgehead atoms. The lowest BCUT2D eigenvalue weighted by Crippen LogP contribution is -2.41. The molecule has 0 unspecified atom stereocenters. The fourth-order valence-corrected chi connectivity index (χ4v) is 3.02. The van der Waals surface area contributed by atoms with E-state index in [0.29, 0.717) is 42.6 Å². The molecule has 148 valence electrons. The van der Waals surface area contributed by atoms with Gasteiger partial charge in [-0.05, 0) is 47.9 Å². The van der Waals surface area contributed by atoms with E-state index in [9.17, 15) is 9.59 Å². The van der Waals surface area contributed by atoms with Crippen molar-refractivity contribution in [1.29, 1.82) is 0 Å². The van der Waals surface area contributed by atoms with Gasteiger partial charge in [0.2, 0.25) is 5.91 Å². The molecule has 0 radical (unpaired) electrons. The molecule has 2 aromatic rings. The second-order valence-corrected chi connectivity index (χ2v) is 7.24. The normalized spacial score (nSPS) is 14.7. The third-order valence-electron chi connectivity index (χ3n) is 4.74. The summed E-state index contributed by atoms with van der Waals surface area (Å²) in [5, 5.41) is 5.76. The number of benzene rings is 2. The second kappa shape index (κ2) is 9.48. The van der Waals surface area contributed by atoms with Crippen molar-refractivity contribution in [2.75, 3.05) is 43.5 Å². The number of nitrogens with zero attached hydrogens (tertiary/aromatic N) is 1. The zero-order valence-electron chi connectivity index (χ0n) is 16.4. The van der Waals surface area contributed by atoms with Crippen LogP contribution in [-0.4, -0.2) is 49.6 Å². The molecule has 1 saturated heterocycles. The van der Waals surface area contributed by atoms with Crippen LogP contribution in [0.4, 0.5) is 11.4 Å². The molecule has 6 heteroatoms. The Morgan fingerprint density at radius 1 is 0.929 bits per heavy atom. The number of rotatable bonds is 6. The lowest BCUT2D eigenvalue weighted by atomic mass is 10.0. The minimum atomic E-state index is -0.153. The first-order valence-electron chi connectivity index (χ1n) is 9.62. The molecule has 6 nitrogen and oxygen atoms in total. The van der Waals surface area contributed by atoms with Crippen LogP contribution in [0.3, 0.4) is 0 Å².